The zero-order chi connectivity index (χ0) is 13.2. The van der Waals surface area contributed by atoms with Crippen molar-refractivity contribution in [1.29, 1.82) is 0 Å². The van der Waals surface area contributed by atoms with Gasteiger partial charge >= 0.3 is 6.18 Å². The monoisotopic (exact) mass is 257 g/mol. The van der Waals surface area contributed by atoms with Crippen molar-refractivity contribution in [2.75, 3.05) is 13.2 Å². The summed E-state index contributed by atoms with van der Waals surface area (Å²) in [5.74, 6) is 0. The molecule has 0 atom stereocenters. The summed E-state index contributed by atoms with van der Waals surface area (Å²) < 4.78 is 42.2. The van der Waals surface area contributed by atoms with Crippen LogP contribution in [-0.4, -0.2) is 24.0 Å². The molecule has 0 N–H and O–H groups in total. The molecule has 5 heteroatoms. The zero-order valence-corrected chi connectivity index (χ0v) is 10.00. The highest BCUT2D eigenvalue weighted by atomic mass is 19.4. The highest BCUT2D eigenvalue weighted by molar-refractivity contribution is 5.80. The van der Waals surface area contributed by atoms with Gasteiger partial charge in [-0.05, 0) is 30.0 Å². The van der Waals surface area contributed by atoms with Gasteiger partial charge in [0.05, 0.1) is 6.61 Å². The molecule has 1 heterocycles. The van der Waals surface area contributed by atoms with Crippen molar-refractivity contribution in [3.05, 3.63) is 36.0 Å². The summed E-state index contributed by atoms with van der Waals surface area (Å²) in [6, 6.07) is 7.96. The molecule has 0 fully saturated rings. The Bertz CT molecular complexity index is 531. The average molecular weight is 257 g/mol. The summed E-state index contributed by atoms with van der Waals surface area (Å²) in [5, 5.41) is 1.08. The van der Waals surface area contributed by atoms with Crippen molar-refractivity contribution < 1.29 is 17.9 Å². The maximum absolute atomic E-state index is 11.9. The molecule has 0 unspecified atom stereocenters. The Kier molecular flexibility index (Phi) is 3.61. The van der Waals surface area contributed by atoms with Crippen molar-refractivity contribution in [2.45, 2.75) is 19.6 Å². The van der Waals surface area contributed by atoms with Gasteiger partial charge in [-0.3, -0.25) is 0 Å². The highest BCUT2D eigenvalue weighted by Crippen LogP contribution is 2.18. The lowest BCUT2D eigenvalue weighted by Crippen LogP contribution is -2.18. The second-order valence-corrected chi connectivity index (χ2v) is 4.24. The molecule has 98 valence electrons. The third-order valence-corrected chi connectivity index (χ3v) is 2.67. The minimum absolute atomic E-state index is 0.0528. The van der Waals surface area contributed by atoms with Crippen LogP contribution in [0.2, 0.25) is 0 Å². The Morgan fingerprint density at radius 1 is 1.22 bits per heavy atom. The summed E-state index contributed by atoms with van der Waals surface area (Å²) in [5.41, 5.74) is 2.14. The molecule has 2 aromatic rings. The van der Waals surface area contributed by atoms with Crippen molar-refractivity contribution in [2.24, 2.45) is 0 Å². The maximum Gasteiger partial charge on any atom is 0.411 e. The van der Waals surface area contributed by atoms with Crippen LogP contribution in [0.5, 0.6) is 0 Å². The van der Waals surface area contributed by atoms with Crippen LogP contribution >= 0.6 is 0 Å². The van der Waals surface area contributed by atoms with E-state index in [9.17, 15) is 13.2 Å². The second kappa shape index (κ2) is 5.02. The van der Waals surface area contributed by atoms with E-state index in [1.807, 2.05) is 42.0 Å². The highest BCUT2D eigenvalue weighted by Gasteiger charge is 2.27. The second-order valence-electron chi connectivity index (χ2n) is 4.24. The number of halogens is 3. The third kappa shape index (κ3) is 3.26. The largest absolute Gasteiger partial charge is 0.411 e. The number of aryl methyl sites for hydroxylation is 1. The van der Waals surface area contributed by atoms with Gasteiger partial charge in [-0.1, -0.05) is 12.1 Å². The predicted octanol–water partition coefficient (Wildman–Crippen LogP) is 3.53. The van der Waals surface area contributed by atoms with E-state index in [0.29, 0.717) is 6.54 Å². The first-order valence-electron chi connectivity index (χ1n) is 5.66. The van der Waals surface area contributed by atoms with Crippen molar-refractivity contribution in [3.8, 4) is 0 Å². The smallest absolute Gasteiger partial charge is 0.370 e. The molecular weight excluding hydrogens is 243 g/mol. The Labute approximate surface area is 103 Å². The van der Waals surface area contributed by atoms with Gasteiger partial charge in [-0.2, -0.15) is 13.2 Å². The number of hydrogen-bond donors (Lipinski definition) is 0. The molecule has 0 bridgehead atoms. The van der Waals surface area contributed by atoms with E-state index in [-0.39, 0.29) is 6.61 Å². The number of rotatable bonds is 4. The summed E-state index contributed by atoms with van der Waals surface area (Å²) in [4.78, 5) is 0. The number of fused-ring (bicyclic) bond motifs is 1. The van der Waals surface area contributed by atoms with Gasteiger partial charge in [-0.25, -0.2) is 0 Å². The molecule has 0 spiro atoms. The summed E-state index contributed by atoms with van der Waals surface area (Å²) in [6.07, 6.45) is -2.39. The van der Waals surface area contributed by atoms with Crippen LogP contribution in [0.1, 0.15) is 5.56 Å². The molecule has 0 aliphatic rings. The zero-order valence-electron chi connectivity index (χ0n) is 10.00. The van der Waals surface area contributed by atoms with Gasteiger partial charge in [0.1, 0.15) is 6.61 Å². The maximum atomic E-state index is 11.9. The van der Waals surface area contributed by atoms with E-state index in [0.717, 1.165) is 16.5 Å². The quantitative estimate of drug-likeness (QED) is 0.764. The summed E-state index contributed by atoms with van der Waals surface area (Å²) >= 11 is 0. The number of nitrogens with zero attached hydrogens (tertiary/aromatic N) is 1. The van der Waals surface area contributed by atoms with Crippen molar-refractivity contribution in [3.63, 3.8) is 0 Å². The fourth-order valence-corrected chi connectivity index (χ4v) is 1.84. The molecule has 2 nitrogen and oxygen atoms in total. The summed E-state index contributed by atoms with van der Waals surface area (Å²) in [6.45, 7) is 1.27. The Hall–Kier alpha value is -1.49. The average Bonchev–Trinajstić information content (AvgIpc) is 2.66. The van der Waals surface area contributed by atoms with Gasteiger partial charge in [0.15, 0.2) is 0 Å². The van der Waals surface area contributed by atoms with Crippen molar-refractivity contribution in [1.82, 2.24) is 4.57 Å². The first-order chi connectivity index (χ1) is 8.46. The lowest BCUT2D eigenvalue weighted by molar-refractivity contribution is -0.174. The van der Waals surface area contributed by atoms with E-state index in [1.165, 1.54) is 0 Å². The molecule has 0 aliphatic heterocycles. The van der Waals surface area contributed by atoms with E-state index in [1.54, 1.807) is 0 Å². The Morgan fingerprint density at radius 3 is 2.72 bits per heavy atom. The van der Waals surface area contributed by atoms with Gasteiger partial charge < -0.3 is 9.30 Å². The van der Waals surface area contributed by atoms with Crippen LogP contribution in [0.3, 0.4) is 0 Å². The van der Waals surface area contributed by atoms with Gasteiger partial charge in [-0.15, -0.1) is 0 Å². The van der Waals surface area contributed by atoms with Crippen LogP contribution in [-0.2, 0) is 11.3 Å². The molecule has 0 radical (unpaired) electrons. The third-order valence-electron chi connectivity index (χ3n) is 2.67. The number of aromatic nitrogens is 1. The van der Waals surface area contributed by atoms with E-state index in [4.69, 9.17) is 0 Å². The number of hydrogen-bond acceptors (Lipinski definition) is 1. The van der Waals surface area contributed by atoms with Crippen molar-refractivity contribution >= 4 is 10.9 Å². The minimum Gasteiger partial charge on any atom is -0.370 e. The van der Waals surface area contributed by atoms with Crippen LogP contribution in [0, 0.1) is 6.92 Å². The number of ether oxygens (including phenoxy) is 1. The SMILES string of the molecule is Cc1ccc2ccn(CCOCC(F)(F)F)c2c1. The van der Waals surface area contributed by atoms with E-state index < -0.39 is 12.8 Å². The topological polar surface area (TPSA) is 14.2 Å². The Balaban J connectivity index is 1.98. The van der Waals surface area contributed by atoms with E-state index in [2.05, 4.69) is 4.74 Å². The first kappa shape index (κ1) is 13.0. The van der Waals surface area contributed by atoms with Crippen LogP contribution in [0.25, 0.3) is 10.9 Å². The van der Waals surface area contributed by atoms with Gasteiger partial charge in [0.2, 0.25) is 0 Å². The fourth-order valence-electron chi connectivity index (χ4n) is 1.84. The van der Waals surface area contributed by atoms with Crippen LogP contribution < -0.4 is 0 Å². The van der Waals surface area contributed by atoms with Gasteiger partial charge in [0.25, 0.3) is 0 Å². The van der Waals surface area contributed by atoms with Crippen LogP contribution in [0.4, 0.5) is 13.2 Å². The first-order valence-corrected chi connectivity index (χ1v) is 5.66. The molecule has 18 heavy (non-hydrogen) atoms. The molecule has 1 aromatic carbocycles. The molecule has 0 saturated carbocycles. The normalized spacial score (nSPS) is 12.2. The molecule has 0 saturated heterocycles. The molecule has 0 aliphatic carbocycles. The summed E-state index contributed by atoms with van der Waals surface area (Å²) in [7, 11) is 0. The predicted molar refractivity (Wildman–Crippen MR) is 63.5 cm³/mol. The lowest BCUT2D eigenvalue weighted by atomic mass is 10.2. The van der Waals surface area contributed by atoms with Crippen LogP contribution in [0.15, 0.2) is 30.5 Å². The standard InChI is InChI=1S/C13H14F3NO/c1-10-2-3-11-4-5-17(12(11)8-10)6-7-18-9-13(14,15)16/h2-5,8H,6-7,9H2,1H3. The number of alkyl halides is 3. The minimum atomic E-state index is -4.25. The lowest BCUT2D eigenvalue weighted by Gasteiger charge is -2.09. The van der Waals surface area contributed by atoms with E-state index >= 15 is 0 Å². The van der Waals surface area contributed by atoms with Gasteiger partial charge in [0, 0.05) is 18.3 Å². The molecule has 2 rings (SSSR count). The molecule has 1 aromatic heterocycles. The number of benzene rings is 1. The Morgan fingerprint density at radius 2 is 2.00 bits per heavy atom. The molecular formula is C13H14F3NO. The fraction of sp³-hybridized carbons (Fsp3) is 0.385. The molecule has 0 amide bonds.